The summed E-state index contributed by atoms with van der Waals surface area (Å²) in [6.07, 6.45) is 2.99. The molecule has 1 aromatic rings. The van der Waals surface area contributed by atoms with Gasteiger partial charge in [0.2, 0.25) is 5.91 Å². The first-order valence-corrected chi connectivity index (χ1v) is 9.11. The van der Waals surface area contributed by atoms with Gasteiger partial charge < -0.3 is 19.1 Å². The Morgan fingerprint density at radius 1 is 1.16 bits per heavy atom. The van der Waals surface area contributed by atoms with Gasteiger partial charge in [0, 0.05) is 50.8 Å². The average molecular weight is 346 g/mol. The molecule has 2 atom stereocenters. The Balaban J connectivity index is 1.58. The van der Waals surface area contributed by atoms with E-state index in [9.17, 15) is 4.79 Å². The predicted molar refractivity (Wildman–Crippen MR) is 93.2 cm³/mol. The lowest BCUT2D eigenvalue weighted by Gasteiger charge is -2.32. The Labute approximate surface area is 148 Å². The molecule has 0 unspecified atom stereocenters. The van der Waals surface area contributed by atoms with E-state index in [1.165, 1.54) is 0 Å². The van der Waals surface area contributed by atoms with E-state index in [-0.39, 0.29) is 5.92 Å². The van der Waals surface area contributed by atoms with Crippen LogP contribution < -0.4 is 14.2 Å². The number of benzene rings is 1. The van der Waals surface area contributed by atoms with Gasteiger partial charge in [-0.3, -0.25) is 9.69 Å². The van der Waals surface area contributed by atoms with Crippen LogP contribution in [0.3, 0.4) is 0 Å². The Hall–Kier alpha value is -1.95. The Morgan fingerprint density at radius 3 is 2.68 bits per heavy atom. The summed E-state index contributed by atoms with van der Waals surface area (Å²) in [4.78, 5) is 16.7. The topological polar surface area (TPSA) is 51.2 Å². The fraction of sp³-hybridized carbons (Fsp3) is 0.632. The number of fused-ring (bicyclic) bond motifs is 5. The lowest BCUT2D eigenvalue weighted by molar-refractivity contribution is -0.138. The number of amides is 1. The number of ether oxygens (including phenoxy) is 3. The van der Waals surface area contributed by atoms with Gasteiger partial charge >= 0.3 is 0 Å². The van der Waals surface area contributed by atoms with E-state index in [1.54, 1.807) is 7.11 Å². The largest absolute Gasteiger partial charge is 0.496 e. The van der Waals surface area contributed by atoms with E-state index in [0.29, 0.717) is 25.2 Å². The van der Waals surface area contributed by atoms with Crippen LogP contribution in [0.15, 0.2) is 12.1 Å². The van der Waals surface area contributed by atoms with Gasteiger partial charge in [0.25, 0.3) is 0 Å². The summed E-state index contributed by atoms with van der Waals surface area (Å²) >= 11 is 0. The summed E-state index contributed by atoms with van der Waals surface area (Å²) < 4.78 is 17.2. The molecular formula is C19H26N2O4. The molecule has 25 heavy (non-hydrogen) atoms. The van der Waals surface area contributed by atoms with Crippen LogP contribution in [0.2, 0.25) is 0 Å². The molecule has 4 aliphatic heterocycles. The minimum Gasteiger partial charge on any atom is -0.496 e. The summed E-state index contributed by atoms with van der Waals surface area (Å²) in [5, 5.41) is 0. The third-order valence-corrected chi connectivity index (χ3v) is 5.58. The zero-order valence-electron chi connectivity index (χ0n) is 15.0. The highest BCUT2D eigenvalue weighted by molar-refractivity contribution is 5.80. The Kier molecular flexibility index (Phi) is 4.46. The number of hydrogen-bond acceptors (Lipinski definition) is 5. The van der Waals surface area contributed by atoms with Crippen molar-refractivity contribution in [2.45, 2.75) is 31.8 Å². The van der Waals surface area contributed by atoms with Gasteiger partial charge in [-0.15, -0.1) is 0 Å². The number of carbonyl (C=O) groups excluding carboxylic acids is 1. The Morgan fingerprint density at radius 2 is 1.92 bits per heavy atom. The average Bonchev–Trinajstić information content (AvgIpc) is 3.00. The smallest absolute Gasteiger partial charge is 0.227 e. The number of methoxy groups -OCH3 is 1. The molecule has 0 radical (unpaired) electrons. The van der Waals surface area contributed by atoms with E-state index in [0.717, 1.165) is 61.7 Å². The number of nitrogens with zero attached hydrogens (tertiary/aromatic N) is 2. The van der Waals surface area contributed by atoms with Crippen molar-refractivity contribution in [1.29, 1.82) is 0 Å². The van der Waals surface area contributed by atoms with Gasteiger partial charge in [-0.1, -0.05) is 0 Å². The fourth-order valence-corrected chi connectivity index (χ4v) is 4.16. The first-order chi connectivity index (χ1) is 12.2. The van der Waals surface area contributed by atoms with Gasteiger partial charge in [-0.2, -0.15) is 0 Å². The normalized spacial score (nSPS) is 26.3. The van der Waals surface area contributed by atoms with E-state index in [4.69, 9.17) is 14.2 Å². The third kappa shape index (κ3) is 3.15. The molecule has 4 aliphatic rings. The second-order valence-electron chi connectivity index (χ2n) is 7.23. The molecule has 0 aromatic heterocycles. The maximum Gasteiger partial charge on any atom is 0.227 e. The minimum absolute atomic E-state index is 0.121. The SMILES string of the molecule is COc1cc2c(cc1CN1C[C@H]3CC[C@@H](C1)N(C)C3=O)OCCCO2. The van der Waals surface area contributed by atoms with Crippen molar-refractivity contribution in [2.24, 2.45) is 5.92 Å². The molecule has 3 saturated heterocycles. The van der Waals surface area contributed by atoms with Crippen molar-refractivity contribution in [3.05, 3.63) is 17.7 Å². The summed E-state index contributed by atoms with van der Waals surface area (Å²) in [6.45, 7) is 3.83. The van der Waals surface area contributed by atoms with Crippen LogP contribution in [0, 0.1) is 5.92 Å². The van der Waals surface area contributed by atoms with Crippen LogP contribution >= 0.6 is 0 Å². The highest BCUT2D eigenvalue weighted by atomic mass is 16.5. The van der Waals surface area contributed by atoms with Crippen molar-refractivity contribution in [1.82, 2.24) is 9.80 Å². The number of hydrogen-bond donors (Lipinski definition) is 0. The maximum atomic E-state index is 12.4. The summed E-state index contributed by atoms with van der Waals surface area (Å²) in [5.41, 5.74) is 1.09. The number of likely N-dealkylation sites (N-methyl/N-ethyl adjacent to an activating group) is 1. The summed E-state index contributed by atoms with van der Waals surface area (Å²) in [5.74, 6) is 2.78. The molecule has 0 aliphatic carbocycles. The van der Waals surface area contributed by atoms with Gasteiger partial charge in [0.1, 0.15) is 5.75 Å². The summed E-state index contributed by atoms with van der Waals surface area (Å²) in [6, 6.07) is 4.29. The lowest BCUT2D eigenvalue weighted by atomic mass is 9.95. The van der Waals surface area contributed by atoms with Crippen molar-refractivity contribution in [2.75, 3.05) is 40.5 Å². The second-order valence-corrected chi connectivity index (χ2v) is 7.23. The van der Waals surface area contributed by atoms with Gasteiger partial charge in [0.15, 0.2) is 11.5 Å². The van der Waals surface area contributed by atoms with Gasteiger partial charge in [0.05, 0.1) is 26.2 Å². The van der Waals surface area contributed by atoms with Crippen molar-refractivity contribution < 1.29 is 19.0 Å². The van der Waals surface area contributed by atoms with Crippen LogP contribution in [-0.2, 0) is 11.3 Å². The van der Waals surface area contributed by atoms with Gasteiger partial charge in [-0.25, -0.2) is 0 Å². The first kappa shape index (κ1) is 16.5. The lowest BCUT2D eigenvalue weighted by Crippen LogP contribution is -2.45. The van der Waals surface area contributed by atoms with Crippen LogP contribution in [0.5, 0.6) is 17.2 Å². The third-order valence-electron chi connectivity index (χ3n) is 5.58. The van der Waals surface area contributed by atoms with Crippen molar-refractivity contribution in [3.63, 3.8) is 0 Å². The molecule has 136 valence electrons. The van der Waals surface area contributed by atoms with Crippen molar-refractivity contribution >= 4 is 5.91 Å². The van der Waals surface area contributed by atoms with Crippen LogP contribution in [0.1, 0.15) is 24.8 Å². The van der Waals surface area contributed by atoms with Gasteiger partial charge in [-0.05, 0) is 18.9 Å². The number of piperidine rings is 1. The molecule has 1 aromatic carbocycles. The van der Waals surface area contributed by atoms with E-state index < -0.39 is 0 Å². The number of rotatable bonds is 3. The molecule has 6 heteroatoms. The highest BCUT2D eigenvalue weighted by Gasteiger charge is 2.38. The fourth-order valence-electron chi connectivity index (χ4n) is 4.16. The summed E-state index contributed by atoms with van der Waals surface area (Å²) in [7, 11) is 3.63. The molecule has 4 heterocycles. The van der Waals surface area contributed by atoms with Crippen LogP contribution in [0.4, 0.5) is 0 Å². The van der Waals surface area contributed by atoms with Crippen LogP contribution in [-0.4, -0.2) is 62.2 Å². The molecule has 5 rings (SSSR count). The predicted octanol–water partition coefficient (Wildman–Crippen LogP) is 1.91. The second kappa shape index (κ2) is 6.75. The molecule has 3 fully saturated rings. The molecule has 2 bridgehead atoms. The van der Waals surface area contributed by atoms with Crippen LogP contribution in [0.25, 0.3) is 0 Å². The first-order valence-electron chi connectivity index (χ1n) is 9.11. The molecule has 0 N–H and O–H groups in total. The van der Waals surface area contributed by atoms with E-state index in [1.807, 2.05) is 24.1 Å². The Bertz CT molecular complexity index is 663. The highest BCUT2D eigenvalue weighted by Crippen LogP contribution is 2.38. The quantitative estimate of drug-likeness (QED) is 0.837. The minimum atomic E-state index is 0.121. The molecular weight excluding hydrogens is 320 g/mol. The molecule has 0 spiro atoms. The maximum absolute atomic E-state index is 12.4. The zero-order valence-corrected chi connectivity index (χ0v) is 15.0. The van der Waals surface area contributed by atoms with Crippen molar-refractivity contribution in [3.8, 4) is 17.2 Å². The zero-order chi connectivity index (χ0) is 17.4. The molecule has 1 amide bonds. The van der Waals surface area contributed by atoms with E-state index >= 15 is 0 Å². The standard InChI is InChI=1S/C19H26N2O4/c1-20-15-5-4-13(19(20)22)10-21(12-15)11-14-8-17-18(9-16(14)23-2)25-7-3-6-24-17/h8-9,13,15H,3-7,10-12H2,1-2H3/t13-,15+/m1/s1. The monoisotopic (exact) mass is 346 g/mol. The van der Waals surface area contributed by atoms with E-state index in [2.05, 4.69) is 4.90 Å². The molecule has 6 nitrogen and oxygen atoms in total. The molecule has 0 saturated carbocycles. The number of carbonyl (C=O) groups is 1.